The second-order valence-corrected chi connectivity index (χ2v) is 7.57. The van der Waals surface area contributed by atoms with Crippen molar-refractivity contribution in [1.82, 2.24) is 4.90 Å². The molecule has 0 N–H and O–H groups in total. The van der Waals surface area contributed by atoms with E-state index in [1.807, 2.05) is 39.0 Å². The summed E-state index contributed by atoms with van der Waals surface area (Å²) in [5.41, 5.74) is 2.96. The van der Waals surface area contributed by atoms with Gasteiger partial charge in [0.1, 0.15) is 11.4 Å². The van der Waals surface area contributed by atoms with Gasteiger partial charge in [-0.2, -0.15) is 0 Å². The smallest absolute Gasteiger partial charge is 0.410 e. The topological polar surface area (TPSA) is 38.8 Å². The summed E-state index contributed by atoms with van der Waals surface area (Å²) < 4.78 is 10.9. The number of methoxy groups -OCH3 is 1. The highest BCUT2D eigenvalue weighted by Gasteiger charge is 2.30. The Morgan fingerprint density at radius 2 is 2.04 bits per heavy atom. The van der Waals surface area contributed by atoms with Crippen molar-refractivity contribution in [3.8, 4) is 16.2 Å². The number of carbonyl (C=O) groups excluding carboxylic acids is 1. The van der Waals surface area contributed by atoms with Crippen LogP contribution in [0.2, 0.25) is 0 Å². The summed E-state index contributed by atoms with van der Waals surface area (Å²) in [6.45, 7) is 6.78. The molecule has 0 saturated carbocycles. The average molecular weight is 331 g/mol. The zero-order valence-corrected chi connectivity index (χ0v) is 14.7. The maximum atomic E-state index is 12.4. The Balaban J connectivity index is 1.92. The van der Waals surface area contributed by atoms with E-state index in [0.29, 0.717) is 13.1 Å². The van der Waals surface area contributed by atoms with Crippen molar-refractivity contribution in [1.29, 1.82) is 0 Å². The summed E-state index contributed by atoms with van der Waals surface area (Å²) >= 11 is 1.69. The number of amides is 1. The van der Waals surface area contributed by atoms with Crippen molar-refractivity contribution in [2.75, 3.05) is 7.11 Å². The molecular weight excluding hydrogens is 310 g/mol. The van der Waals surface area contributed by atoms with Gasteiger partial charge in [-0.25, -0.2) is 4.79 Å². The molecule has 3 rings (SSSR count). The van der Waals surface area contributed by atoms with Crippen LogP contribution in [0.3, 0.4) is 0 Å². The van der Waals surface area contributed by atoms with Gasteiger partial charge in [-0.1, -0.05) is 6.07 Å². The van der Waals surface area contributed by atoms with Crippen LogP contribution >= 0.6 is 11.3 Å². The minimum absolute atomic E-state index is 0.273. The monoisotopic (exact) mass is 331 g/mol. The van der Waals surface area contributed by atoms with Gasteiger partial charge in [0.15, 0.2) is 0 Å². The highest BCUT2D eigenvalue weighted by Crippen LogP contribution is 2.38. The third kappa shape index (κ3) is 3.34. The third-order valence-electron chi connectivity index (χ3n) is 3.70. The fraction of sp³-hybridized carbons (Fsp3) is 0.389. The Hall–Kier alpha value is -2.01. The largest absolute Gasteiger partial charge is 0.497 e. The molecule has 0 saturated heterocycles. The predicted octanol–water partition coefficient (Wildman–Crippen LogP) is 4.67. The molecule has 0 bridgehead atoms. The van der Waals surface area contributed by atoms with Gasteiger partial charge in [0.2, 0.25) is 0 Å². The van der Waals surface area contributed by atoms with E-state index in [1.165, 1.54) is 10.4 Å². The average Bonchev–Trinajstić information content (AvgIpc) is 3.13. The third-order valence-corrected chi connectivity index (χ3v) is 4.60. The van der Waals surface area contributed by atoms with Gasteiger partial charge in [-0.15, -0.1) is 11.3 Å². The van der Waals surface area contributed by atoms with Crippen LogP contribution in [-0.2, 0) is 17.8 Å². The number of nitrogens with zero attached hydrogens (tertiary/aromatic N) is 1. The first-order valence-electron chi connectivity index (χ1n) is 7.59. The molecule has 1 aliphatic heterocycles. The summed E-state index contributed by atoms with van der Waals surface area (Å²) in [5, 5.41) is 2.06. The van der Waals surface area contributed by atoms with Gasteiger partial charge < -0.3 is 9.47 Å². The standard InChI is InChI=1S/C18H21NO3S/c1-18(2,3)22-17(20)19-10-12-8-13(21-4)9-14(15(12)11-19)16-6-5-7-23-16/h5-9H,10-11H2,1-4H3. The lowest BCUT2D eigenvalue weighted by molar-refractivity contribution is 0.0242. The molecule has 0 radical (unpaired) electrons. The molecule has 1 aliphatic rings. The molecule has 2 heterocycles. The minimum atomic E-state index is -0.486. The number of hydrogen-bond acceptors (Lipinski definition) is 4. The minimum Gasteiger partial charge on any atom is -0.497 e. The van der Waals surface area contributed by atoms with E-state index in [0.717, 1.165) is 16.9 Å². The number of fused-ring (bicyclic) bond motifs is 1. The Bertz CT molecular complexity index is 717. The van der Waals surface area contributed by atoms with Crippen LogP contribution in [0.1, 0.15) is 31.9 Å². The first-order valence-corrected chi connectivity index (χ1v) is 8.47. The zero-order chi connectivity index (χ0) is 16.6. The van der Waals surface area contributed by atoms with E-state index < -0.39 is 5.60 Å². The van der Waals surface area contributed by atoms with Crippen molar-refractivity contribution in [3.05, 3.63) is 40.8 Å². The molecule has 0 aliphatic carbocycles. The van der Waals surface area contributed by atoms with Crippen LogP contribution in [0.15, 0.2) is 29.6 Å². The van der Waals surface area contributed by atoms with Gasteiger partial charge in [-0.05, 0) is 55.5 Å². The van der Waals surface area contributed by atoms with Crippen LogP contribution in [0.5, 0.6) is 5.75 Å². The van der Waals surface area contributed by atoms with Crippen LogP contribution in [0.4, 0.5) is 4.79 Å². The summed E-state index contributed by atoms with van der Waals surface area (Å²) in [4.78, 5) is 15.3. The van der Waals surface area contributed by atoms with Crippen molar-refractivity contribution < 1.29 is 14.3 Å². The number of hydrogen-bond donors (Lipinski definition) is 0. The van der Waals surface area contributed by atoms with Gasteiger partial charge in [0, 0.05) is 17.0 Å². The van der Waals surface area contributed by atoms with Crippen LogP contribution < -0.4 is 4.74 Å². The van der Waals surface area contributed by atoms with Crippen molar-refractivity contribution in [2.24, 2.45) is 0 Å². The highest BCUT2D eigenvalue weighted by atomic mass is 32.1. The van der Waals surface area contributed by atoms with Gasteiger partial charge in [0.25, 0.3) is 0 Å². The van der Waals surface area contributed by atoms with Gasteiger partial charge in [0.05, 0.1) is 13.7 Å². The van der Waals surface area contributed by atoms with E-state index >= 15 is 0 Å². The first-order chi connectivity index (χ1) is 10.9. The van der Waals surface area contributed by atoms with Crippen molar-refractivity contribution >= 4 is 17.4 Å². The molecule has 1 aromatic heterocycles. The number of ether oxygens (including phenoxy) is 2. The predicted molar refractivity (Wildman–Crippen MR) is 91.8 cm³/mol. The van der Waals surface area contributed by atoms with Gasteiger partial charge in [-0.3, -0.25) is 4.90 Å². The van der Waals surface area contributed by atoms with Gasteiger partial charge >= 0.3 is 6.09 Å². The number of rotatable bonds is 2. The summed E-state index contributed by atoms with van der Waals surface area (Å²) in [6, 6.07) is 8.18. The van der Waals surface area contributed by atoms with Crippen LogP contribution in [0, 0.1) is 0 Å². The molecule has 122 valence electrons. The van der Waals surface area contributed by atoms with Crippen LogP contribution in [-0.4, -0.2) is 23.7 Å². The van der Waals surface area contributed by atoms with Crippen LogP contribution in [0.25, 0.3) is 10.4 Å². The highest BCUT2D eigenvalue weighted by molar-refractivity contribution is 7.13. The summed E-state index contributed by atoms with van der Waals surface area (Å²) in [5.74, 6) is 0.818. The Morgan fingerprint density at radius 1 is 1.26 bits per heavy atom. The Morgan fingerprint density at radius 3 is 2.65 bits per heavy atom. The number of benzene rings is 1. The molecule has 2 aromatic rings. The van der Waals surface area contributed by atoms with Crippen molar-refractivity contribution in [2.45, 2.75) is 39.5 Å². The van der Waals surface area contributed by atoms with E-state index in [4.69, 9.17) is 9.47 Å². The lowest BCUT2D eigenvalue weighted by Gasteiger charge is -2.24. The maximum absolute atomic E-state index is 12.4. The summed E-state index contributed by atoms with van der Waals surface area (Å²) in [7, 11) is 1.67. The second kappa shape index (κ2) is 5.89. The molecule has 1 amide bonds. The molecule has 5 heteroatoms. The number of carbonyl (C=O) groups is 1. The van der Waals surface area contributed by atoms with E-state index in [2.05, 4.69) is 11.4 Å². The van der Waals surface area contributed by atoms with Crippen molar-refractivity contribution in [3.63, 3.8) is 0 Å². The molecule has 0 atom stereocenters. The molecule has 4 nitrogen and oxygen atoms in total. The molecule has 1 aromatic carbocycles. The van der Waals surface area contributed by atoms with E-state index in [1.54, 1.807) is 23.3 Å². The molecule has 0 unspecified atom stereocenters. The normalized spacial score (nSPS) is 13.8. The fourth-order valence-electron chi connectivity index (χ4n) is 2.71. The fourth-order valence-corrected chi connectivity index (χ4v) is 3.48. The molecule has 23 heavy (non-hydrogen) atoms. The summed E-state index contributed by atoms with van der Waals surface area (Å²) in [6.07, 6.45) is -0.273. The van der Waals surface area contributed by atoms with E-state index in [9.17, 15) is 4.79 Å². The molecule has 0 fully saturated rings. The van der Waals surface area contributed by atoms with E-state index in [-0.39, 0.29) is 6.09 Å². The Kier molecular flexibility index (Phi) is 4.06. The zero-order valence-electron chi connectivity index (χ0n) is 13.9. The molecule has 0 spiro atoms. The quantitative estimate of drug-likeness (QED) is 0.802. The lowest BCUT2D eigenvalue weighted by atomic mass is 10.0. The Labute approximate surface area is 140 Å². The number of thiophene rings is 1. The SMILES string of the molecule is COc1cc2c(c(-c3cccs3)c1)CN(C(=O)OC(C)(C)C)C2. The molecular formula is C18H21NO3S. The first kappa shape index (κ1) is 15.9. The second-order valence-electron chi connectivity index (χ2n) is 6.63. The maximum Gasteiger partial charge on any atom is 0.410 e. The lowest BCUT2D eigenvalue weighted by Crippen LogP contribution is -2.33.